The zero-order valence-corrected chi connectivity index (χ0v) is 7.45. The molecule has 5 heteroatoms. The Labute approximate surface area is 72.1 Å². The summed E-state index contributed by atoms with van der Waals surface area (Å²) >= 11 is 0. The molecule has 0 radical (unpaired) electrons. The molecule has 0 spiro atoms. The van der Waals surface area contributed by atoms with Crippen molar-refractivity contribution in [2.45, 2.75) is 19.4 Å². The van der Waals surface area contributed by atoms with Gasteiger partial charge < -0.3 is 21.1 Å². The maximum absolute atomic E-state index is 8.70. The van der Waals surface area contributed by atoms with Crippen LogP contribution in [0, 0.1) is 0 Å². The van der Waals surface area contributed by atoms with Gasteiger partial charge in [-0.25, -0.2) is 4.79 Å². The van der Waals surface area contributed by atoms with Gasteiger partial charge in [0.05, 0.1) is 5.60 Å². The highest BCUT2D eigenvalue weighted by atomic mass is 16.6. The van der Waals surface area contributed by atoms with E-state index in [2.05, 4.69) is 13.2 Å². The Hall–Kier alpha value is -1.07. The van der Waals surface area contributed by atoms with Gasteiger partial charge in [0.25, 0.3) is 0 Å². The zero-order valence-electron chi connectivity index (χ0n) is 7.45. The average molecular weight is 179 g/mol. The number of carboxylic acid groups (broad SMARTS) is 2. The highest BCUT2D eigenvalue weighted by molar-refractivity contribution is 5.53. The van der Waals surface area contributed by atoms with Crippen LogP contribution < -0.4 is 5.73 Å². The van der Waals surface area contributed by atoms with Crippen LogP contribution in [0.1, 0.15) is 13.8 Å². The third-order valence-corrected chi connectivity index (χ3v) is 0.500. The summed E-state index contributed by atoms with van der Waals surface area (Å²) < 4.78 is 0. The minimum atomic E-state index is -1.83. The zero-order chi connectivity index (χ0) is 10.8. The van der Waals surface area contributed by atoms with Crippen molar-refractivity contribution in [1.29, 1.82) is 0 Å². The fourth-order valence-corrected chi connectivity index (χ4v) is 0. The summed E-state index contributed by atoms with van der Waals surface area (Å²) in [5.41, 5.74) is 4.38. The van der Waals surface area contributed by atoms with Crippen LogP contribution in [0.25, 0.3) is 0 Å². The summed E-state index contributed by atoms with van der Waals surface area (Å²) in [6, 6.07) is 0. The van der Waals surface area contributed by atoms with Gasteiger partial charge in [0, 0.05) is 6.54 Å². The molecule has 0 aromatic carbocycles. The fraction of sp³-hybridized carbons (Fsp3) is 0.571. The van der Waals surface area contributed by atoms with Crippen molar-refractivity contribution in [3.63, 3.8) is 0 Å². The van der Waals surface area contributed by atoms with Gasteiger partial charge in [-0.1, -0.05) is 0 Å². The second kappa shape index (κ2) is 9.93. The standard InChI is InChI=1S/C4H11NO.C2H4.CH2O3/c1-4(2,6)3-5;1-2;2-1(3)4/h6H,3,5H2,1-2H3;1-2H2;(H2,2,3,4). The quantitative estimate of drug-likeness (QED) is 0.444. The van der Waals surface area contributed by atoms with Gasteiger partial charge >= 0.3 is 6.16 Å². The molecule has 0 aromatic heterocycles. The molecular weight excluding hydrogens is 162 g/mol. The Morgan fingerprint density at radius 3 is 1.50 bits per heavy atom. The van der Waals surface area contributed by atoms with Crippen molar-refractivity contribution in [3.8, 4) is 0 Å². The Morgan fingerprint density at radius 1 is 1.42 bits per heavy atom. The first-order valence-corrected chi connectivity index (χ1v) is 3.14. The van der Waals surface area contributed by atoms with Crippen molar-refractivity contribution < 1.29 is 20.1 Å². The molecule has 12 heavy (non-hydrogen) atoms. The minimum absolute atomic E-state index is 0.326. The molecule has 0 atom stereocenters. The lowest BCUT2D eigenvalue weighted by Crippen LogP contribution is -2.29. The molecule has 0 bridgehead atoms. The SMILES string of the molecule is C=C.CC(C)(O)CN.O=C(O)O. The molecule has 0 rings (SSSR count). The lowest BCUT2D eigenvalue weighted by Gasteiger charge is -2.11. The lowest BCUT2D eigenvalue weighted by atomic mass is 10.1. The lowest BCUT2D eigenvalue weighted by molar-refractivity contribution is 0.0898. The second-order valence-corrected chi connectivity index (χ2v) is 2.30. The average Bonchev–Trinajstić information content (AvgIpc) is 1.90. The summed E-state index contributed by atoms with van der Waals surface area (Å²) in [6.07, 6.45) is -1.83. The van der Waals surface area contributed by atoms with Crippen molar-refractivity contribution in [3.05, 3.63) is 13.2 Å². The molecule has 0 heterocycles. The predicted molar refractivity (Wildman–Crippen MR) is 47.3 cm³/mol. The predicted octanol–water partition coefficient (Wildman–Crippen LogP) is 0.741. The smallest absolute Gasteiger partial charge is 0.450 e. The number of hydrogen-bond donors (Lipinski definition) is 4. The monoisotopic (exact) mass is 179 g/mol. The highest BCUT2D eigenvalue weighted by Gasteiger charge is 2.06. The van der Waals surface area contributed by atoms with Crippen LogP contribution in [-0.2, 0) is 0 Å². The molecule has 74 valence electrons. The number of aliphatic hydroxyl groups is 1. The van der Waals surface area contributed by atoms with E-state index in [0.717, 1.165) is 0 Å². The molecular formula is C7H17NO4. The summed E-state index contributed by atoms with van der Waals surface area (Å²) in [6.45, 7) is 9.67. The van der Waals surface area contributed by atoms with Crippen LogP contribution in [0.2, 0.25) is 0 Å². The molecule has 0 aliphatic rings. The van der Waals surface area contributed by atoms with E-state index >= 15 is 0 Å². The number of carbonyl (C=O) groups is 1. The van der Waals surface area contributed by atoms with Gasteiger partial charge in [-0.05, 0) is 13.8 Å². The largest absolute Gasteiger partial charge is 0.503 e. The highest BCUT2D eigenvalue weighted by Crippen LogP contribution is 1.93. The second-order valence-electron chi connectivity index (χ2n) is 2.30. The van der Waals surface area contributed by atoms with E-state index in [9.17, 15) is 0 Å². The Morgan fingerprint density at radius 2 is 1.50 bits per heavy atom. The van der Waals surface area contributed by atoms with Crippen LogP contribution in [0.15, 0.2) is 13.2 Å². The van der Waals surface area contributed by atoms with Crippen LogP contribution >= 0.6 is 0 Å². The summed E-state index contributed by atoms with van der Waals surface area (Å²) in [4.78, 5) is 8.56. The molecule has 5 nitrogen and oxygen atoms in total. The molecule has 0 fully saturated rings. The fourth-order valence-electron chi connectivity index (χ4n) is 0. The van der Waals surface area contributed by atoms with Crippen molar-refractivity contribution in [1.82, 2.24) is 0 Å². The van der Waals surface area contributed by atoms with Gasteiger partial charge in [-0.2, -0.15) is 0 Å². The molecule has 0 unspecified atom stereocenters. The molecule has 0 aliphatic carbocycles. The van der Waals surface area contributed by atoms with Crippen molar-refractivity contribution in [2.24, 2.45) is 5.73 Å². The topological polar surface area (TPSA) is 104 Å². The summed E-state index contributed by atoms with van der Waals surface area (Å²) in [5.74, 6) is 0. The van der Waals surface area contributed by atoms with E-state index in [4.69, 9.17) is 25.8 Å². The first kappa shape index (κ1) is 17.1. The third kappa shape index (κ3) is 151. The molecule has 0 saturated heterocycles. The van der Waals surface area contributed by atoms with Gasteiger partial charge in [-0.15, -0.1) is 13.2 Å². The maximum Gasteiger partial charge on any atom is 0.503 e. The first-order chi connectivity index (χ1) is 5.29. The van der Waals surface area contributed by atoms with E-state index in [1.807, 2.05) is 0 Å². The molecule has 5 N–H and O–H groups in total. The Balaban J connectivity index is -0.000000118. The van der Waals surface area contributed by atoms with Gasteiger partial charge in [0.15, 0.2) is 0 Å². The van der Waals surface area contributed by atoms with E-state index < -0.39 is 11.8 Å². The van der Waals surface area contributed by atoms with Crippen LogP contribution in [0.5, 0.6) is 0 Å². The van der Waals surface area contributed by atoms with Crippen LogP contribution in [0.4, 0.5) is 4.79 Å². The minimum Gasteiger partial charge on any atom is -0.450 e. The third-order valence-electron chi connectivity index (χ3n) is 0.500. The molecule has 0 aliphatic heterocycles. The molecule has 0 saturated carbocycles. The van der Waals surface area contributed by atoms with Crippen molar-refractivity contribution >= 4 is 6.16 Å². The molecule has 0 aromatic rings. The Kier molecular flexibility index (Phi) is 14.2. The van der Waals surface area contributed by atoms with Crippen molar-refractivity contribution in [2.75, 3.05) is 6.54 Å². The van der Waals surface area contributed by atoms with Crippen LogP contribution in [0.3, 0.4) is 0 Å². The van der Waals surface area contributed by atoms with E-state index in [1.54, 1.807) is 13.8 Å². The van der Waals surface area contributed by atoms with Crippen LogP contribution in [-0.4, -0.2) is 33.6 Å². The van der Waals surface area contributed by atoms with Gasteiger partial charge in [0.1, 0.15) is 0 Å². The normalized spacial score (nSPS) is 8.33. The van der Waals surface area contributed by atoms with E-state index in [0.29, 0.717) is 6.54 Å². The maximum atomic E-state index is 8.70. The summed E-state index contributed by atoms with van der Waals surface area (Å²) in [5, 5.41) is 22.6. The van der Waals surface area contributed by atoms with Gasteiger partial charge in [-0.3, -0.25) is 0 Å². The Bertz CT molecular complexity index is 104. The molecule has 0 amide bonds. The van der Waals surface area contributed by atoms with Gasteiger partial charge in [0.2, 0.25) is 0 Å². The number of nitrogens with two attached hydrogens (primary N) is 1. The number of hydrogen-bond acceptors (Lipinski definition) is 3. The first-order valence-electron chi connectivity index (χ1n) is 3.14. The summed E-state index contributed by atoms with van der Waals surface area (Å²) in [7, 11) is 0. The number of rotatable bonds is 1. The van der Waals surface area contributed by atoms with E-state index in [1.165, 1.54) is 0 Å². The van der Waals surface area contributed by atoms with E-state index in [-0.39, 0.29) is 0 Å².